The predicted molar refractivity (Wildman–Crippen MR) is 118 cm³/mol. The quantitative estimate of drug-likeness (QED) is 0.592. The van der Waals surface area contributed by atoms with E-state index in [1.807, 2.05) is 30.5 Å². The molecule has 4 rings (SSSR count). The Morgan fingerprint density at radius 2 is 1.74 bits per heavy atom. The first-order valence-corrected chi connectivity index (χ1v) is 11.7. The van der Waals surface area contributed by atoms with Crippen molar-refractivity contribution in [2.24, 2.45) is 0 Å². The minimum absolute atomic E-state index is 0.0581. The van der Waals surface area contributed by atoms with Crippen LogP contribution in [0.15, 0.2) is 67.1 Å². The molecular formula is C21H24N6O3S. The lowest BCUT2D eigenvalue weighted by Crippen LogP contribution is -2.50. The number of anilines is 1. The molecule has 1 saturated heterocycles. The number of rotatable bonds is 7. The molecule has 0 bridgehead atoms. The number of sulfonamides is 1. The number of hydrogen-bond acceptors (Lipinski definition) is 6. The lowest BCUT2D eigenvalue weighted by atomic mass is 10.2. The average Bonchev–Trinajstić information content (AvgIpc) is 3.35. The number of carbonyl (C=O) groups is 1. The van der Waals surface area contributed by atoms with Crippen LogP contribution in [0, 0.1) is 0 Å². The summed E-state index contributed by atoms with van der Waals surface area (Å²) in [5, 5.41) is 6.84. The molecule has 10 heteroatoms. The number of nitrogens with zero attached hydrogens (tertiary/aromatic N) is 5. The van der Waals surface area contributed by atoms with E-state index in [-0.39, 0.29) is 18.2 Å². The van der Waals surface area contributed by atoms with E-state index in [9.17, 15) is 13.2 Å². The van der Waals surface area contributed by atoms with Crippen molar-refractivity contribution in [3.8, 4) is 5.69 Å². The lowest BCUT2D eigenvalue weighted by Gasteiger charge is -2.34. The molecule has 1 amide bonds. The number of amides is 1. The Morgan fingerprint density at radius 1 is 0.968 bits per heavy atom. The monoisotopic (exact) mass is 440 g/mol. The van der Waals surface area contributed by atoms with E-state index in [0.29, 0.717) is 31.7 Å². The van der Waals surface area contributed by atoms with E-state index in [0.717, 1.165) is 11.5 Å². The Hall–Kier alpha value is -3.24. The molecule has 0 aliphatic carbocycles. The fraction of sp³-hybridized carbons (Fsp3) is 0.286. The highest BCUT2D eigenvalue weighted by Gasteiger charge is 2.27. The molecular weight excluding hydrogens is 416 g/mol. The van der Waals surface area contributed by atoms with Gasteiger partial charge in [0.2, 0.25) is 10.0 Å². The smallest absolute Gasteiger partial charge is 0.251 e. The molecule has 162 valence electrons. The third-order valence-electron chi connectivity index (χ3n) is 5.15. The van der Waals surface area contributed by atoms with Gasteiger partial charge in [-0.05, 0) is 42.5 Å². The maximum atomic E-state index is 12.7. The van der Waals surface area contributed by atoms with Gasteiger partial charge >= 0.3 is 0 Å². The standard InChI is InChI=1S/C21H24N6O3S/c28-21(18-5-7-19(8-6-18)27-12-3-10-24-27)23-11-17-31(29,30)26-15-13-25(14-16-26)20-4-1-2-9-22-20/h1-10,12H,11,13-17H2,(H,23,28). The van der Waals surface area contributed by atoms with Crippen LogP contribution >= 0.6 is 0 Å². The summed E-state index contributed by atoms with van der Waals surface area (Å²) in [6.07, 6.45) is 5.22. The highest BCUT2D eigenvalue weighted by molar-refractivity contribution is 7.89. The van der Waals surface area contributed by atoms with Crippen LogP contribution in [0.2, 0.25) is 0 Å². The van der Waals surface area contributed by atoms with Crippen molar-refractivity contribution in [2.45, 2.75) is 0 Å². The topological polar surface area (TPSA) is 100 Å². The van der Waals surface area contributed by atoms with Gasteiger partial charge in [0.15, 0.2) is 0 Å². The maximum absolute atomic E-state index is 12.7. The van der Waals surface area contributed by atoms with Gasteiger partial charge in [-0.1, -0.05) is 6.07 Å². The largest absolute Gasteiger partial charge is 0.354 e. The van der Waals surface area contributed by atoms with Gasteiger partial charge in [-0.3, -0.25) is 4.79 Å². The maximum Gasteiger partial charge on any atom is 0.251 e. The van der Waals surface area contributed by atoms with Gasteiger partial charge in [-0.15, -0.1) is 0 Å². The second kappa shape index (κ2) is 9.27. The van der Waals surface area contributed by atoms with Crippen molar-refractivity contribution in [2.75, 3.05) is 43.4 Å². The number of nitrogens with one attached hydrogen (secondary N) is 1. The molecule has 3 heterocycles. The van der Waals surface area contributed by atoms with Crippen LogP contribution in [0.25, 0.3) is 5.69 Å². The van der Waals surface area contributed by atoms with E-state index < -0.39 is 10.0 Å². The molecule has 31 heavy (non-hydrogen) atoms. The first kappa shape index (κ1) is 21.0. The minimum atomic E-state index is -3.44. The van der Waals surface area contributed by atoms with E-state index in [2.05, 4.69) is 20.3 Å². The number of aromatic nitrogens is 3. The van der Waals surface area contributed by atoms with Crippen LogP contribution in [0.1, 0.15) is 10.4 Å². The molecule has 0 saturated carbocycles. The Morgan fingerprint density at radius 3 is 2.39 bits per heavy atom. The minimum Gasteiger partial charge on any atom is -0.354 e. The van der Waals surface area contributed by atoms with Gasteiger partial charge in [0.25, 0.3) is 5.91 Å². The zero-order valence-electron chi connectivity index (χ0n) is 17.0. The molecule has 1 aliphatic rings. The van der Waals surface area contributed by atoms with E-state index >= 15 is 0 Å². The van der Waals surface area contributed by atoms with Crippen LogP contribution in [0.4, 0.5) is 5.82 Å². The summed E-state index contributed by atoms with van der Waals surface area (Å²) in [4.78, 5) is 18.7. The molecule has 0 spiro atoms. The molecule has 3 aromatic rings. The van der Waals surface area contributed by atoms with Crippen molar-refractivity contribution in [3.05, 3.63) is 72.7 Å². The number of benzene rings is 1. The molecule has 0 radical (unpaired) electrons. The van der Waals surface area contributed by atoms with Crippen LogP contribution in [0.3, 0.4) is 0 Å². The van der Waals surface area contributed by atoms with Gasteiger partial charge in [0.05, 0.1) is 11.4 Å². The zero-order chi connectivity index (χ0) is 21.7. The van der Waals surface area contributed by atoms with Crippen LogP contribution in [-0.4, -0.2) is 71.9 Å². The normalized spacial score (nSPS) is 15.0. The van der Waals surface area contributed by atoms with Crippen molar-refractivity contribution < 1.29 is 13.2 Å². The van der Waals surface area contributed by atoms with Gasteiger partial charge < -0.3 is 10.2 Å². The summed E-state index contributed by atoms with van der Waals surface area (Å²) < 4.78 is 28.5. The highest BCUT2D eigenvalue weighted by Crippen LogP contribution is 2.15. The summed E-state index contributed by atoms with van der Waals surface area (Å²) >= 11 is 0. The number of pyridine rings is 1. The molecule has 0 unspecified atom stereocenters. The molecule has 1 fully saturated rings. The van der Waals surface area contributed by atoms with Gasteiger partial charge in [0.1, 0.15) is 5.82 Å². The lowest BCUT2D eigenvalue weighted by molar-refractivity contribution is 0.0956. The van der Waals surface area contributed by atoms with Crippen LogP contribution < -0.4 is 10.2 Å². The first-order valence-electron chi connectivity index (χ1n) is 10.0. The fourth-order valence-corrected chi connectivity index (χ4v) is 4.79. The fourth-order valence-electron chi connectivity index (χ4n) is 3.45. The zero-order valence-corrected chi connectivity index (χ0v) is 17.8. The summed E-state index contributed by atoms with van der Waals surface area (Å²) in [6.45, 7) is 2.04. The molecule has 1 N–H and O–H groups in total. The average molecular weight is 441 g/mol. The Bertz CT molecular complexity index is 1090. The van der Waals surface area contributed by atoms with Crippen molar-refractivity contribution in [1.82, 2.24) is 24.4 Å². The van der Waals surface area contributed by atoms with Gasteiger partial charge in [0, 0.05) is 56.9 Å². The first-order chi connectivity index (χ1) is 15.0. The van der Waals surface area contributed by atoms with Crippen LogP contribution in [-0.2, 0) is 10.0 Å². The van der Waals surface area contributed by atoms with E-state index in [4.69, 9.17) is 0 Å². The molecule has 2 aromatic heterocycles. The second-order valence-corrected chi connectivity index (χ2v) is 9.23. The summed E-state index contributed by atoms with van der Waals surface area (Å²) in [5.74, 6) is 0.417. The number of carbonyl (C=O) groups excluding carboxylic acids is 1. The third-order valence-corrected chi connectivity index (χ3v) is 7.02. The van der Waals surface area contributed by atoms with E-state index in [1.165, 1.54) is 4.31 Å². The molecule has 0 atom stereocenters. The predicted octanol–water partition coefficient (Wildman–Crippen LogP) is 1.15. The Labute approximate surface area is 181 Å². The van der Waals surface area contributed by atoms with E-state index in [1.54, 1.807) is 41.3 Å². The summed E-state index contributed by atoms with van der Waals surface area (Å²) in [5.41, 5.74) is 1.31. The van der Waals surface area contributed by atoms with Crippen LogP contribution in [0.5, 0.6) is 0 Å². The summed E-state index contributed by atoms with van der Waals surface area (Å²) in [6, 6.07) is 14.5. The molecule has 9 nitrogen and oxygen atoms in total. The number of hydrogen-bond donors (Lipinski definition) is 1. The Balaban J connectivity index is 1.25. The van der Waals surface area contributed by atoms with Gasteiger partial charge in [-0.25, -0.2) is 18.1 Å². The number of piperazine rings is 1. The highest BCUT2D eigenvalue weighted by atomic mass is 32.2. The van der Waals surface area contributed by atoms with Gasteiger partial charge in [-0.2, -0.15) is 9.40 Å². The Kier molecular flexibility index (Phi) is 6.28. The third kappa shape index (κ3) is 5.09. The SMILES string of the molecule is O=C(NCCS(=O)(=O)N1CCN(c2ccccn2)CC1)c1ccc(-n2cccn2)cc1. The van der Waals surface area contributed by atoms with Crippen molar-refractivity contribution >= 4 is 21.7 Å². The molecule has 1 aromatic carbocycles. The summed E-state index contributed by atoms with van der Waals surface area (Å²) in [7, 11) is -3.44. The van der Waals surface area contributed by atoms with Crippen molar-refractivity contribution in [1.29, 1.82) is 0 Å². The van der Waals surface area contributed by atoms with Crippen molar-refractivity contribution in [3.63, 3.8) is 0 Å². The molecule has 1 aliphatic heterocycles. The second-order valence-electron chi connectivity index (χ2n) is 7.14.